The number of nitrogens with two attached hydrogens (primary N) is 1. The Kier molecular flexibility index (Phi) is 6.98. The topological polar surface area (TPSA) is 55.1 Å². The highest BCUT2D eigenvalue weighted by molar-refractivity contribution is 5.88. The summed E-state index contributed by atoms with van der Waals surface area (Å²) in [7, 11) is 0. The Morgan fingerprint density at radius 1 is 1.55 bits per heavy atom. The van der Waals surface area contributed by atoms with Crippen molar-refractivity contribution >= 4 is 5.78 Å². The van der Waals surface area contributed by atoms with E-state index in [1.54, 1.807) is 0 Å². The third-order valence-electron chi connectivity index (χ3n) is 1.33. The van der Waals surface area contributed by atoms with Crippen LogP contribution < -0.4 is 11.1 Å². The molecule has 0 aliphatic carbocycles. The molecule has 0 heterocycles. The zero-order valence-corrected chi connectivity index (χ0v) is 6.81. The summed E-state index contributed by atoms with van der Waals surface area (Å²) in [5, 5.41) is 3.10. The predicted molar refractivity (Wildman–Crippen MR) is 46.4 cm³/mol. The average Bonchev–Trinajstić information content (AvgIpc) is 2.04. The van der Waals surface area contributed by atoms with E-state index < -0.39 is 0 Å². The van der Waals surface area contributed by atoms with Crippen LogP contribution in [0.1, 0.15) is 12.8 Å². The van der Waals surface area contributed by atoms with Crippen molar-refractivity contribution in [1.82, 2.24) is 5.32 Å². The van der Waals surface area contributed by atoms with Gasteiger partial charge in [-0.15, -0.1) is 0 Å². The number of allylic oxidation sites excluding steroid dienone is 1. The summed E-state index contributed by atoms with van der Waals surface area (Å²) in [4.78, 5) is 10.7. The lowest BCUT2D eigenvalue weighted by Crippen LogP contribution is -2.23. The van der Waals surface area contributed by atoms with Crippen molar-refractivity contribution in [2.24, 2.45) is 5.73 Å². The highest BCUT2D eigenvalue weighted by atomic mass is 16.1. The van der Waals surface area contributed by atoms with Gasteiger partial charge in [0.05, 0.1) is 0 Å². The molecule has 0 unspecified atom stereocenters. The lowest BCUT2D eigenvalue weighted by atomic mass is 10.2. The van der Waals surface area contributed by atoms with Crippen LogP contribution in [-0.2, 0) is 4.79 Å². The third kappa shape index (κ3) is 7.22. The van der Waals surface area contributed by atoms with Crippen LogP contribution in [0.4, 0.5) is 0 Å². The summed E-state index contributed by atoms with van der Waals surface area (Å²) >= 11 is 0. The van der Waals surface area contributed by atoms with Gasteiger partial charge in [0.15, 0.2) is 5.78 Å². The molecule has 3 nitrogen and oxygen atoms in total. The molecule has 3 heteroatoms. The second kappa shape index (κ2) is 7.44. The van der Waals surface area contributed by atoms with Crippen LogP contribution in [0.2, 0.25) is 0 Å². The van der Waals surface area contributed by atoms with Gasteiger partial charge in [0, 0.05) is 19.5 Å². The molecule has 0 fully saturated rings. The van der Waals surface area contributed by atoms with Crippen LogP contribution in [0.3, 0.4) is 0 Å². The van der Waals surface area contributed by atoms with Gasteiger partial charge in [0.2, 0.25) is 0 Å². The van der Waals surface area contributed by atoms with Crippen molar-refractivity contribution in [2.45, 2.75) is 12.8 Å². The largest absolute Gasteiger partial charge is 0.329 e. The molecule has 0 saturated heterocycles. The van der Waals surface area contributed by atoms with E-state index in [0.717, 1.165) is 19.5 Å². The van der Waals surface area contributed by atoms with Crippen molar-refractivity contribution < 1.29 is 4.79 Å². The minimum absolute atomic E-state index is 0.111. The molecule has 0 aromatic carbocycles. The van der Waals surface area contributed by atoms with E-state index in [-0.39, 0.29) is 5.78 Å². The Morgan fingerprint density at radius 2 is 2.27 bits per heavy atom. The van der Waals surface area contributed by atoms with E-state index in [4.69, 9.17) is 5.73 Å². The maximum absolute atomic E-state index is 10.7. The number of carbonyl (C=O) groups is 1. The minimum Gasteiger partial charge on any atom is -0.329 e. The fourth-order valence-corrected chi connectivity index (χ4v) is 0.717. The number of hydrogen-bond acceptors (Lipinski definition) is 3. The highest BCUT2D eigenvalue weighted by Gasteiger charge is 1.93. The van der Waals surface area contributed by atoms with E-state index >= 15 is 0 Å². The molecule has 0 radical (unpaired) electrons. The van der Waals surface area contributed by atoms with E-state index in [0.29, 0.717) is 13.0 Å². The molecular weight excluding hydrogens is 140 g/mol. The summed E-state index contributed by atoms with van der Waals surface area (Å²) in [6.45, 7) is 5.71. The van der Waals surface area contributed by atoms with Crippen LogP contribution in [0.25, 0.3) is 0 Å². The fraction of sp³-hybridized carbons (Fsp3) is 0.625. The Balaban J connectivity index is 3.01. The quantitative estimate of drug-likeness (QED) is 0.405. The average molecular weight is 156 g/mol. The maximum Gasteiger partial charge on any atom is 0.155 e. The molecule has 64 valence electrons. The molecule has 0 bridgehead atoms. The summed E-state index contributed by atoms with van der Waals surface area (Å²) in [6.07, 6.45) is 2.81. The standard InChI is InChI=1S/C8H16N2O/c1-2-8(11)4-3-6-10-7-5-9/h2,10H,1,3-7,9H2. The molecule has 0 aliphatic rings. The van der Waals surface area contributed by atoms with Gasteiger partial charge >= 0.3 is 0 Å². The summed E-state index contributed by atoms with van der Waals surface area (Å²) in [6, 6.07) is 0. The Labute approximate surface area is 67.7 Å². The van der Waals surface area contributed by atoms with Gasteiger partial charge in [-0.05, 0) is 19.0 Å². The monoisotopic (exact) mass is 156 g/mol. The first-order valence-electron chi connectivity index (χ1n) is 3.87. The zero-order valence-electron chi connectivity index (χ0n) is 6.81. The number of ketones is 1. The lowest BCUT2D eigenvalue weighted by molar-refractivity contribution is -0.114. The molecule has 0 spiro atoms. The van der Waals surface area contributed by atoms with E-state index in [1.165, 1.54) is 6.08 Å². The Hall–Kier alpha value is -0.670. The first-order chi connectivity index (χ1) is 5.31. The molecular formula is C8H16N2O. The van der Waals surface area contributed by atoms with Crippen molar-refractivity contribution in [3.63, 3.8) is 0 Å². The van der Waals surface area contributed by atoms with E-state index in [9.17, 15) is 4.79 Å². The van der Waals surface area contributed by atoms with Gasteiger partial charge < -0.3 is 11.1 Å². The third-order valence-corrected chi connectivity index (χ3v) is 1.33. The molecule has 0 aliphatic heterocycles. The molecule has 3 N–H and O–H groups in total. The summed E-state index contributed by atoms with van der Waals surface area (Å²) in [5.74, 6) is 0.111. The molecule has 0 saturated carbocycles. The van der Waals surface area contributed by atoms with Gasteiger partial charge in [-0.2, -0.15) is 0 Å². The molecule has 0 aromatic heterocycles. The SMILES string of the molecule is C=CC(=O)CCCNCCN. The van der Waals surface area contributed by atoms with Crippen LogP contribution in [0.15, 0.2) is 12.7 Å². The van der Waals surface area contributed by atoms with Crippen LogP contribution in [-0.4, -0.2) is 25.4 Å². The van der Waals surface area contributed by atoms with Crippen molar-refractivity contribution in [2.75, 3.05) is 19.6 Å². The molecule has 0 amide bonds. The van der Waals surface area contributed by atoms with Gasteiger partial charge in [-0.25, -0.2) is 0 Å². The predicted octanol–water partition coefficient (Wildman–Crippen LogP) is 0.0700. The second-order valence-electron chi connectivity index (χ2n) is 2.31. The number of hydrogen-bond donors (Lipinski definition) is 2. The fourth-order valence-electron chi connectivity index (χ4n) is 0.717. The number of carbonyl (C=O) groups excluding carboxylic acids is 1. The summed E-state index contributed by atoms with van der Waals surface area (Å²) < 4.78 is 0. The van der Waals surface area contributed by atoms with Crippen LogP contribution >= 0.6 is 0 Å². The second-order valence-corrected chi connectivity index (χ2v) is 2.31. The molecule has 0 atom stereocenters. The minimum atomic E-state index is 0.111. The van der Waals surface area contributed by atoms with Crippen molar-refractivity contribution in [3.05, 3.63) is 12.7 Å². The molecule has 11 heavy (non-hydrogen) atoms. The Bertz CT molecular complexity index is 123. The van der Waals surface area contributed by atoms with Crippen molar-refractivity contribution in [3.8, 4) is 0 Å². The van der Waals surface area contributed by atoms with Gasteiger partial charge in [0.1, 0.15) is 0 Å². The van der Waals surface area contributed by atoms with E-state index in [2.05, 4.69) is 11.9 Å². The smallest absolute Gasteiger partial charge is 0.155 e. The van der Waals surface area contributed by atoms with Crippen molar-refractivity contribution in [1.29, 1.82) is 0 Å². The number of nitrogens with one attached hydrogen (secondary N) is 1. The summed E-state index contributed by atoms with van der Waals surface area (Å²) in [5.41, 5.74) is 5.25. The van der Waals surface area contributed by atoms with Gasteiger partial charge in [0.25, 0.3) is 0 Å². The van der Waals surface area contributed by atoms with Crippen LogP contribution in [0.5, 0.6) is 0 Å². The number of rotatable bonds is 7. The van der Waals surface area contributed by atoms with Gasteiger partial charge in [-0.3, -0.25) is 4.79 Å². The normalized spacial score (nSPS) is 9.55. The molecule has 0 aromatic rings. The molecule has 0 rings (SSSR count). The van der Waals surface area contributed by atoms with E-state index in [1.807, 2.05) is 0 Å². The zero-order chi connectivity index (χ0) is 8.53. The van der Waals surface area contributed by atoms with Gasteiger partial charge in [-0.1, -0.05) is 6.58 Å². The first-order valence-corrected chi connectivity index (χ1v) is 3.87. The maximum atomic E-state index is 10.7. The Morgan fingerprint density at radius 3 is 2.82 bits per heavy atom. The lowest BCUT2D eigenvalue weighted by Gasteiger charge is -1.99. The first kappa shape index (κ1) is 10.3. The highest BCUT2D eigenvalue weighted by Crippen LogP contribution is 1.88. The van der Waals surface area contributed by atoms with Crippen LogP contribution in [0, 0.1) is 0 Å².